The largest absolute Gasteiger partial charge is 0.469 e. The average Bonchev–Trinajstić information content (AvgIpc) is 2.80. The number of aliphatic hydroxyl groups excluding tert-OH is 2. The molecular formula is C28H56O5. The summed E-state index contributed by atoms with van der Waals surface area (Å²) in [7, 11) is 3.10. The van der Waals surface area contributed by atoms with E-state index in [0.717, 1.165) is 57.8 Å². The molecule has 0 saturated carbocycles. The lowest BCUT2D eigenvalue weighted by Crippen LogP contribution is -2.17. The van der Waals surface area contributed by atoms with Crippen molar-refractivity contribution < 1.29 is 24.5 Å². The molecule has 0 radical (unpaired) electrons. The first-order chi connectivity index (χ1) is 16.0. The van der Waals surface area contributed by atoms with Gasteiger partial charge in [0.2, 0.25) is 0 Å². The second-order valence-electron chi connectivity index (χ2n) is 9.95. The van der Waals surface area contributed by atoms with Gasteiger partial charge in [0, 0.05) is 7.11 Å². The zero-order valence-electron chi connectivity index (χ0n) is 22.2. The van der Waals surface area contributed by atoms with Crippen molar-refractivity contribution in [3.8, 4) is 0 Å². The van der Waals surface area contributed by atoms with E-state index < -0.39 is 0 Å². The van der Waals surface area contributed by atoms with Crippen molar-refractivity contribution in [3.63, 3.8) is 0 Å². The van der Waals surface area contributed by atoms with Crippen molar-refractivity contribution in [1.29, 1.82) is 0 Å². The zero-order valence-corrected chi connectivity index (χ0v) is 22.2. The van der Waals surface area contributed by atoms with Crippen LogP contribution in [0.2, 0.25) is 0 Å². The third-order valence-electron chi connectivity index (χ3n) is 6.68. The fourth-order valence-electron chi connectivity index (χ4n) is 4.41. The van der Waals surface area contributed by atoms with Crippen LogP contribution in [0, 0.1) is 0 Å². The lowest BCUT2D eigenvalue weighted by molar-refractivity contribution is -0.143. The number of unbranched alkanes of at least 4 members (excludes halogenated alkanes) is 14. The van der Waals surface area contributed by atoms with E-state index >= 15 is 0 Å². The Morgan fingerprint density at radius 1 is 0.606 bits per heavy atom. The minimum Gasteiger partial charge on any atom is -0.469 e. The maximum atomic E-state index is 11.3. The van der Waals surface area contributed by atoms with E-state index in [1.807, 2.05) is 6.92 Å². The summed E-state index contributed by atoms with van der Waals surface area (Å²) in [6.07, 6.45) is 23.8. The van der Waals surface area contributed by atoms with Crippen LogP contribution >= 0.6 is 0 Å². The Kier molecular flexibility index (Phi) is 24.0. The van der Waals surface area contributed by atoms with Crippen LogP contribution in [0.15, 0.2) is 0 Å². The molecule has 0 aromatic heterocycles. The van der Waals surface area contributed by atoms with Crippen LogP contribution in [-0.4, -0.2) is 48.7 Å². The van der Waals surface area contributed by atoms with Crippen molar-refractivity contribution >= 4 is 5.97 Å². The van der Waals surface area contributed by atoms with E-state index in [1.165, 1.54) is 77.7 Å². The molecule has 0 aliphatic rings. The van der Waals surface area contributed by atoms with Crippen LogP contribution in [0.3, 0.4) is 0 Å². The zero-order chi connectivity index (χ0) is 24.6. The van der Waals surface area contributed by atoms with E-state index in [2.05, 4.69) is 0 Å². The predicted octanol–water partition coefficient (Wildman–Crippen LogP) is 7.11. The molecule has 0 aliphatic heterocycles. The molecule has 0 bridgehead atoms. The standard InChI is InChI=1S/C28H56O5/c1-25(29)20-16-15-18-22-26(30)21-17-13-11-9-7-5-4-6-8-10-12-14-19-23-27(32-2)24-28(31)33-3/h25-27,29-30H,4-24H2,1-3H3. The van der Waals surface area contributed by atoms with Crippen LogP contribution in [0.1, 0.15) is 142 Å². The SMILES string of the molecule is COC(=O)CC(CCCCCCCCCCCCCCCC(O)CCCCCC(C)O)OC. The van der Waals surface area contributed by atoms with Crippen LogP contribution in [0.25, 0.3) is 0 Å². The predicted molar refractivity (Wildman–Crippen MR) is 137 cm³/mol. The van der Waals surface area contributed by atoms with Gasteiger partial charge >= 0.3 is 5.97 Å². The number of esters is 1. The Balaban J connectivity index is 3.27. The number of hydrogen-bond acceptors (Lipinski definition) is 5. The number of carbonyl (C=O) groups excluding carboxylic acids is 1. The number of rotatable bonds is 25. The van der Waals surface area contributed by atoms with E-state index in [0.29, 0.717) is 6.42 Å². The van der Waals surface area contributed by atoms with Gasteiger partial charge in [-0.1, -0.05) is 103 Å². The Morgan fingerprint density at radius 2 is 0.970 bits per heavy atom. The second kappa shape index (κ2) is 24.5. The van der Waals surface area contributed by atoms with Gasteiger partial charge in [-0.3, -0.25) is 4.79 Å². The summed E-state index contributed by atoms with van der Waals surface area (Å²) >= 11 is 0. The van der Waals surface area contributed by atoms with Gasteiger partial charge in [-0.25, -0.2) is 0 Å². The first-order valence-corrected chi connectivity index (χ1v) is 13.9. The van der Waals surface area contributed by atoms with Crippen molar-refractivity contribution in [3.05, 3.63) is 0 Å². The van der Waals surface area contributed by atoms with Crippen LogP contribution in [0.4, 0.5) is 0 Å². The molecule has 3 atom stereocenters. The van der Waals surface area contributed by atoms with Gasteiger partial charge in [0.25, 0.3) is 0 Å². The normalized spacial score (nSPS) is 14.2. The van der Waals surface area contributed by atoms with Crippen LogP contribution < -0.4 is 0 Å². The first-order valence-electron chi connectivity index (χ1n) is 13.9. The van der Waals surface area contributed by atoms with Gasteiger partial charge in [-0.15, -0.1) is 0 Å². The smallest absolute Gasteiger partial charge is 0.308 e. The molecule has 0 saturated heterocycles. The Bertz CT molecular complexity index is 413. The highest BCUT2D eigenvalue weighted by Gasteiger charge is 2.12. The minimum absolute atomic E-state index is 0.000530. The van der Waals surface area contributed by atoms with Crippen LogP contribution in [0.5, 0.6) is 0 Å². The highest BCUT2D eigenvalue weighted by molar-refractivity contribution is 5.69. The summed E-state index contributed by atoms with van der Waals surface area (Å²) in [5.41, 5.74) is 0. The van der Waals surface area contributed by atoms with Gasteiger partial charge in [0.05, 0.1) is 31.8 Å². The third-order valence-corrected chi connectivity index (χ3v) is 6.68. The summed E-state index contributed by atoms with van der Waals surface area (Å²) in [6.45, 7) is 1.84. The fourth-order valence-corrected chi connectivity index (χ4v) is 4.41. The summed E-state index contributed by atoms with van der Waals surface area (Å²) in [4.78, 5) is 11.3. The fraction of sp³-hybridized carbons (Fsp3) is 0.964. The van der Waals surface area contributed by atoms with Gasteiger partial charge in [-0.2, -0.15) is 0 Å². The van der Waals surface area contributed by atoms with Crippen molar-refractivity contribution in [2.24, 2.45) is 0 Å². The van der Waals surface area contributed by atoms with Crippen molar-refractivity contribution in [2.75, 3.05) is 14.2 Å². The van der Waals surface area contributed by atoms with E-state index in [-0.39, 0.29) is 24.3 Å². The summed E-state index contributed by atoms with van der Waals surface area (Å²) < 4.78 is 10.1. The monoisotopic (exact) mass is 472 g/mol. The minimum atomic E-state index is -0.188. The Morgan fingerprint density at radius 3 is 1.36 bits per heavy atom. The van der Waals surface area contributed by atoms with E-state index in [9.17, 15) is 15.0 Å². The Labute approximate surface area is 205 Å². The van der Waals surface area contributed by atoms with E-state index in [4.69, 9.17) is 9.47 Å². The average molecular weight is 473 g/mol. The molecular weight excluding hydrogens is 416 g/mol. The van der Waals surface area contributed by atoms with Crippen molar-refractivity contribution in [1.82, 2.24) is 0 Å². The highest BCUT2D eigenvalue weighted by atomic mass is 16.5. The number of methoxy groups -OCH3 is 2. The topological polar surface area (TPSA) is 76.0 Å². The lowest BCUT2D eigenvalue weighted by Gasteiger charge is -2.13. The Hall–Kier alpha value is -0.650. The van der Waals surface area contributed by atoms with Gasteiger partial charge < -0.3 is 19.7 Å². The van der Waals surface area contributed by atoms with E-state index in [1.54, 1.807) is 7.11 Å². The molecule has 0 amide bonds. The molecule has 198 valence electrons. The first kappa shape index (κ1) is 32.4. The molecule has 0 fully saturated rings. The lowest BCUT2D eigenvalue weighted by atomic mass is 10.0. The van der Waals surface area contributed by atoms with Crippen LogP contribution in [-0.2, 0) is 14.3 Å². The second-order valence-corrected chi connectivity index (χ2v) is 9.95. The molecule has 0 heterocycles. The highest BCUT2D eigenvalue weighted by Crippen LogP contribution is 2.16. The summed E-state index contributed by atoms with van der Waals surface area (Å²) in [6, 6.07) is 0. The maximum Gasteiger partial charge on any atom is 0.308 e. The number of hydrogen-bond donors (Lipinski definition) is 2. The van der Waals surface area contributed by atoms with Gasteiger partial charge in [-0.05, 0) is 32.6 Å². The number of carbonyl (C=O) groups is 1. The molecule has 3 unspecified atom stereocenters. The summed E-state index contributed by atoms with van der Waals surface area (Å²) in [5.74, 6) is -0.187. The molecule has 2 N–H and O–H groups in total. The number of ether oxygens (including phenoxy) is 2. The van der Waals surface area contributed by atoms with Gasteiger partial charge in [0.1, 0.15) is 0 Å². The molecule has 0 spiro atoms. The van der Waals surface area contributed by atoms with Gasteiger partial charge in [0.15, 0.2) is 0 Å². The quantitative estimate of drug-likeness (QED) is 0.109. The summed E-state index contributed by atoms with van der Waals surface area (Å²) in [5, 5.41) is 19.3. The molecule has 33 heavy (non-hydrogen) atoms. The molecule has 5 heteroatoms. The van der Waals surface area contributed by atoms with Crippen molar-refractivity contribution in [2.45, 2.75) is 160 Å². The molecule has 0 aliphatic carbocycles. The molecule has 0 aromatic carbocycles. The molecule has 5 nitrogen and oxygen atoms in total. The molecule has 0 rings (SSSR count). The third kappa shape index (κ3) is 24.3. The maximum absolute atomic E-state index is 11.3. The number of aliphatic hydroxyl groups is 2. The molecule has 0 aromatic rings.